The summed E-state index contributed by atoms with van der Waals surface area (Å²) in [5, 5.41) is 8.51. The van der Waals surface area contributed by atoms with Gasteiger partial charge in [-0.15, -0.1) is 0 Å². The minimum atomic E-state index is -0.0833. The zero-order valence-corrected chi connectivity index (χ0v) is 4.09. The quantitative estimate of drug-likeness (QED) is 0.458. The lowest BCUT2D eigenvalue weighted by Crippen LogP contribution is -2.20. The summed E-state index contributed by atoms with van der Waals surface area (Å²) in [6.07, 6.45) is 3.85. The molecule has 0 amide bonds. The van der Waals surface area contributed by atoms with Crippen molar-refractivity contribution < 1.29 is 5.11 Å². The van der Waals surface area contributed by atoms with E-state index in [1.54, 1.807) is 0 Å². The predicted octanol–water partition coefficient (Wildman–Crippen LogP) is -0.506. The van der Waals surface area contributed by atoms with Gasteiger partial charge in [0.2, 0.25) is 0 Å². The summed E-state index contributed by atoms with van der Waals surface area (Å²) in [6.45, 7) is 0.715. The monoisotopic (exact) mass is 99.1 g/mol. The molecule has 0 bridgehead atoms. The van der Waals surface area contributed by atoms with Gasteiger partial charge >= 0.3 is 0 Å². The number of hydrogen-bond acceptors (Lipinski definition) is 2. The Morgan fingerprint density at radius 2 is 2.14 bits per heavy atom. The van der Waals surface area contributed by atoms with Crippen molar-refractivity contribution in [3.8, 4) is 0 Å². The first kappa shape index (κ1) is 4.81. The van der Waals surface area contributed by atoms with E-state index in [9.17, 15) is 0 Å². The maximum atomic E-state index is 8.51. The molecule has 0 radical (unpaired) electrons. The molecule has 40 valence electrons. The Bertz CT molecular complexity index is 86.3. The third-order valence-electron chi connectivity index (χ3n) is 1.31. The molecule has 0 atom stereocenters. The van der Waals surface area contributed by atoms with Crippen molar-refractivity contribution in [2.24, 2.45) is 11.1 Å². The summed E-state index contributed by atoms with van der Waals surface area (Å²) in [5.74, 6) is 0. The van der Waals surface area contributed by atoms with E-state index in [-0.39, 0.29) is 12.0 Å². The SMILES string of the molecule is NCC1(CO)C=C1. The number of rotatable bonds is 2. The van der Waals surface area contributed by atoms with E-state index < -0.39 is 0 Å². The van der Waals surface area contributed by atoms with Crippen LogP contribution in [0.2, 0.25) is 0 Å². The van der Waals surface area contributed by atoms with Crippen LogP contribution in [0.4, 0.5) is 0 Å². The Morgan fingerprint density at radius 3 is 2.14 bits per heavy atom. The smallest absolute Gasteiger partial charge is 0.0569 e. The van der Waals surface area contributed by atoms with Crippen molar-refractivity contribution in [1.82, 2.24) is 0 Å². The highest BCUT2D eigenvalue weighted by Crippen LogP contribution is 2.31. The van der Waals surface area contributed by atoms with E-state index in [0.717, 1.165) is 0 Å². The molecule has 0 spiro atoms. The summed E-state index contributed by atoms with van der Waals surface area (Å²) in [5.41, 5.74) is 5.17. The van der Waals surface area contributed by atoms with Crippen LogP contribution in [0.25, 0.3) is 0 Å². The van der Waals surface area contributed by atoms with Gasteiger partial charge in [0.15, 0.2) is 0 Å². The second-order valence-corrected chi connectivity index (χ2v) is 1.93. The van der Waals surface area contributed by atoms with Crippen LogP contribution in [0.15, 0.2) is 12.2 Å². The molecule has 2 nitrogen and oxygen atoms in total. The molecule has 7 heavy (non-hydrogen) atoms. The van der Waals surface area contributed by atoms with Gasteiger partial charge in [0.25, 0.3) is 0 Å². The van der Waals surface area contributed by atoms with Gasteiger partial charge in [-0.2, -0.15) is 0 Å². The third-order valence-corrected chi connectivity index (χ3v) is 1.31. The van der Waals surface area contributed by atoms with E-state index in [0.29, 0.717) is 6.54 Å². The molecule has 2 heteroatoms. The Kier molecular flexibility index (Phi) is 0.905. The number of aliphatic hydroxyl groups is 1. The number of nitrogens with two attached hydrogens (primary N) is 1. The van der Waals surface area contributed by atoms with Crippen molar-refractivity contribution >= 4 is 0 Å². The van der Waals surface area contributed by atoms with Crippen LogP contribution in [-0.2, 0) is 0 Å². The summed E-state index contributed by atoms with van der Waals surface area (Å²) < 4.78 is 0. The summed E-state index contributed by atoms with van der Waals surface area (Å²) in [6, 6.07) is 0. The molecule has 1 aliphatic carbocycles. The van der Waals surface area contributed by atoms with E-state index in [2.05, 4.69) is 0 Å². The highest BCUT2D eigenvalue weighted by atomic mass is 16.3. The summed E-state index contributed by atoms with van der Waals surface area (Å²) in [4.78, 5) is 0. The van der Waals surface area contributed by atoms with Crippen LogP contribution in [0.5, 0.6) is 0 Å². The Hall–Kier alpha value is -0.340. The van der Waals surface area contributed by atoms with Crippen LogP contribution >= 0.6 is 0 Å². The van der Waals surface area contributed by atoms with Gasteiger partial charge < -0.3 is 10.8 Å². The Balaban J connectivity index is 2.31. The molecule has 0 fully saturated rings. The number of hydrogen-bond donors (Lipinski definition) is 2. The molecule has 0 heterocycles. The van der Waals surface area contributed by atoms with E-state index in [1.165, 1.54) is 0 Å². The van der Waals surface area contributed by atoms with Crippen molar-refractivity contribution in [2.45, 2.75) is 0 Å². The maximum absolute atomic E-state index is 8.51. The van der Waals surface area contributed by atoms with Crippen LogP contribution in [0.1, 0.15) is 0 Å². The minimum Gasteiger partial charge on any atom is -0.395 e. The fourth-order valence-corrected chi connectivity index (χ4v) is 0.424. The molecule has 1 rings (SSSR count). The van der Waals surface area contributed by atoms with E-state index in [4.69, 9.17) is 10.8 Å². The molecule has 0 aromatic heterocycles. The van der Waals surface area contributed by atoms with Crippen molar-refractivity contribution in [1.29, 1.82) is 0 Å². The molecule has 0 saturated heterocycles. The van der Waals surface area contributed by atoms with Gasteiger partial charge in [-0.05, 0) is 0 Å². The molecule has 0 aliphatic heterocycles. The topological polar surface area (TPSA) is 46.2 Å². The van der Waals surface area contributed by atoms with Gasteiger partial charge in [-0.3, -0.25) is 0 Å². The van der Waals surface area contributed by atoms with Crippen LogP contribution in [0, 0.1) is 5.41 Å². The molecular weight excluding hydrogens is 90.1 g/mol. The molecule has 0 aromatic carbocycles. The second kappa shape index (κ2) is 1.32. The first-order valence-electron chi connectivity index (χ1n) is 2.34. The Labute approximate surface area is 42.6 Å². The van der Waals surface area contributed by atoms with Crippen molar-refractivity contribution in [3.63, 3.8) is 0 Å². The van der Waals surface area contributed by atoms with Crippen LogP contribution in [-0.4, -0.2) is 18.3 Å². The van der Waals surface area contributed by atoms with Gasteiger partial charge in [-0.25, -0.2) is 0 Å². The fourth-order valence-electron chi connectivity index (χ4n) is 0.424. The molecular formula is C5H9NO. The van der Waals surface area contributed by atoms with E-state index >= 15 is 0 Å². The zero-order valence-electron chi connectivity index (χ0n) is 4.09. The van der Waals surface area contributed by atoms with Crippen molar-refractivity contribution in [3.05, 3.63) is 12.2 Å². The lowest BCUT2D eigenvalue weighted by atomic mass is 10.1. The third kappa shape index (κ3) is 0.667. The average molecular weight is 99.1 g/mol. The second-order valence-electron chi connectivity index (χ2n) is 1.93. The van der Waals surface area contributed by atoms with Crippen LogP contribution < -0.4 is 5.73 Å². The van der Waals surface area contributed by atoms with Crippen LogP contribution in [0.3, 0.4) is 0 Å². The first-order chi connectivity index (χ1) is 3.33. The normalized spacial score (nSPS) is 22.6. The van der Waals surface area contributed by atoms with Gasteiger partial charge in [0, 0.05) is 12.0 Å². The highest BCUT2D eigenvalue weighted by molar-refractivity contribution is 5.26. The van der Waals surface area contributed by atoms with Gasteiger partial charge in [-0.1, -0.05) is 12.2 Å². The largest absolute Gasteiger partial charge is 0.395 e. The summed E-state index contributed by atoms with van der Waals surface area (Å²) in [7, 11) is 0. The standard InChI is InChI=1S/C5H9NO/c6-3-5(4-7)1-2-5/h1-2,7H,3-4,6H2. The number of aliphatic hydroxyl groups excluding tert-OH is 1. The lowest BCUT2D eigenvalue weighted by molar-refractivity contribution is 0.233. The average Bonchev–Trinajstić information content (AvgIpc) is 2.46. The Morgan fingerprint density at radius 1 is 1.57 bits per heavy atom. The molecule has 0 aromatic rings. The molecule has 3 N–H and O–H groups in total. The minimum absolute atomic E-state index is 0.0833. The predicted molar refractivity (Wildman–Crippen MR) is 27.7 cm³/mol. The summed E-state index contributed by atoms with van der Waals surface area (Å²) >= 11 is 0. The fraction of sp³-hybridized carbons (Fsp3) is 0.600. The van der Waals surface area contributed by atoms with Gasteiger partial charge in [0.1, 0.15) is 0 Å². The highest BCUT2D eigenvalue weighted by Gasteiger charge is 2.30. The lowest BCUT2D eigenvalue weighted by Gasteiger charge is -2.05. The molecule has 1 aliphatic rings. The first-order valence-corrected chi connectivity index (χ1v) is 2.34. The van der Waals surface area contributed by atoms with Crippen molar-refractivity contribution in [2.75, 3.05) is 13.2 Å². The molecule has 0 saturated carbocycles. The zero-order chi connectivity index (χ0) is 5.33. The van der Waals surface area contributed by atoms with E-state index in [1.807, 2.05) is 12.2 Å². The molecule has 0 unspecified atom stereocenters. The maximum Gasteiger partial charge on any atom is 0.0569 e. The van der Waals surface area contributed by atoms with Gasteiger partial charge in [0.05, 0.1) is 6.61 Å².